The summed E-state index contributed by atoms with van der Waals surface area (Å²) in [5, 5.41) is 11.9. The Morgan fingerprint density at radius 1 is 1.30 bits per heavy atom. The van der Waals surface area contributed by atoms with E-state index in [9.17, 15) is 9.59 Å². The minimum Gasteiger partial charge on any atom is -0.395 e. The van der Waals surface area contributed by atoms with Crippen LogP contribution in [0.5, 0.6) is 0 Å². The van der Waals surface area contributed by atoms with Gasteiger partial charge in [0.1, 0.15) is 0 Å². The molecule has 0 spiro atoms. The zero-order valence-corrected chi connectivity index (χ0v) is 12.7. The monoisotopic (exact) mass is 284 g/mol. The first-order chi connectivity index (χ1) is 9.58. The summed E-state index contributed by atoms with van der Waals surface area (Å²) in [7, 11) is 0. The molecule has 1 fully saturated rings. The number of nitrogens with zero attached hydrogens (tertiary/aromatic N) is 1. The van der Waals surface area contributed by atoms with Crippen LogP contribution >= 0.6 is 0 Å². The van der Waals surface area contributed by atoms with E-state index in [2.05, 4.69) is 5.32 Å². The molecule has 1 aliphatic carbocycles. The molecule has 116 valence electrons. The first-order valence-corrected chi connectivity index (χ1v) is 7.77. The fourth-order valence-electron chi connectivity index (χ4n) is 2.75. The summed E-state index contributed by atoms with van der Waals surface area (Å²) in [4.78, 5) is 25.7. The first kappa shape index (κ1) is 17.0. The number of aliphatic hydroxyl groups is 1. The number of aliphatic hydroxyl groups excluding tert-OH is 1. The van der Waals surface area contributed by atoms with Gasteiger partial charge in [-0.25, -0.2) is 0 Å². The van der Waals surface area contributed by atoms with Crippen LogP contribution in [-0.4, -0.2) is 47.6 Å². The van der Waals surface area contributed by atoms with Crippen LogP contribution in [0.4, 0.5) is 0 Å². The maximum Gasteiger partial charge on any atom is 0.224 e. The minimum atomic E-state index is -0.148. The van der Waals surface area contributed by atoms with Crippen LogP contribution in [0, 0.1) is 5.92 Å². The molecular weight excluding hydrogens is 256 g/mol. The standard InChI is InChI=1S/C15H28N2O3/c1-3-17(9-10-18)14(19)11-12(2)16-15(20)13-7-5-4-6-8-13/h12-13,18H,3-11H2,1-2H3,(H,16,20). The molecule has 0 saturated heterocycles. The van der Waals surface area contributed by atoms with Gasteiger partial charge in [-0.05, 0) is 26.7 Å². The van der Waals surface area contributed by atoms with Crippen LogP contribution < -0.4 is 5.32 Å². The van der Waals surface area contributed by atoms with E-state index in [4.69, 9.17) is 5.11 Å². The van der Waals surface area contributed by atoms with Crippen LogP contribution in [0.3, 0.4) is 0 Å². The lowest BCUT2D eigenvalue weighted by atomic mass is 9.88. The van der Waals surface area contributed by atoms with E-state index >= 15 is 0 Å². The Bertz CT molecular complexity index is 295. The van der Waals surface area contributed by atoms with E-state index in [0.29, 0.717) is 19.5 Å². The van der Waals surface area contributed by atoms with Crippen LogP contribution in [0.2, 0.25) is 0 Å². The van der Waals surface area contributed by atoms with Gasteiger partial charge < -0.3 is 15.3 Å². The molecule has 1 rings (SSSR count). The molecule has 1 unspecified atom stereocenters. The van der Waals surface area contributed by atoms with Crippen LogP contribution in [0.25, 0.3) is 0 Å². The average Bonchev–Trinajstić information content (AvgIpc) is 2.45. The summed E-state index contributed by atoms with van der Waals surface area (Å²) in [5.74, 6) is 0.203. The van der Waals surface area contributed by atoms with Crippen molar-refractivity contribution in [1.82, 2.24) is 10.2 Å². The van der Waals surface area contributed by atoms with Gasteiger partial charge in [-0.2, -0.15) is 0 Å². The van der Waals surface area contributed by atoms with Gasteiger partial charge in [-0.15, -0.1) is 0 Å². The van der Waals surface area contributed by atoms with Gasteiger partial charge >= 0.3 is 0 Å². The van der Waals surface area contributed by atoms with Crippen LogP contribution in [-0.2, 0) is 9.59 Å². The Hall–Kier alpha value is -1.10. The summed E-state index contributed by atoms with van der Waals surface area (Å²) in [5.41, 5.74) is 0. The SMILES string of the molecule is CCN(CCO)C(=O)CC(C)NC(=O)C1CCCCC1. The van der Waals surface area contributed by atoms with Crippen LogP contribution in [0.15, 0.2) is 0 Å². The fraction of sp³-hybridized carbons (Fsp3) is 0.867. The second-order valence-electron chi connectivity index (χ2n) is 5.65. The molecule has 0 heterocycles. The summed E-state index contributed by atoms with van der Waals surface area (Å²) in [6.07, 6.45) is 5.73. The molecule has 2 N–H and O–H groups in total. The molecule has 20 heavy (non-hydrogen) atoms. The molecule has 0 radical (unpaired) electrons. The molecule has 0 aliphatic heterocycles. The number of carbonyl (C=O) groups is 2. The van der Waals surface area contributed by atoms with Crippen molar-refractivity contribution in [2.45, 2.75) is 58.4 Å². The lowest BCUT2D eigenvalue weighted by Crippen LogP contribution is -2.42. The molecule has 0 aromatic rings. The van der Waals surface area contributed by atoms with E-state index in [-0.39, 0.29) is 30.4 Å². The summed E-state index contributed by atoms with van der Waals surface area (Å²) in [6, 6.07) is -0.148. The Morgan fingerprint density at radius 2 is 1.95 bits per heavy atom. The zero-order valence-electron chi connectivity index (χ0n) is 12.7. The summed E-state index contributed by atoms with van der Waals surface area (Å²) in [6.45, 7) is 4.67. The zero-order chi connectivity index (χ0) is 15.0. The maximum absolute atomic E-state index is 12.1. The quantitative estimate of drug-likeness (QED) is 0.740. The number of rotatable bonds is 7. The van der Waals surface area contributed by atoms with E-state index in [1.807, 2.05) is 13.8 Å². The van der Waals surface area contributed by atoms with Gasteiger partial charge in [0.05, 0.1) is 6.61 Å². The van der Waals surface area contributed by atoms with Gasteiger partial charge in [0.25, 0.3) is 0 Å². The van der Waals surface area contributed by atoms with Crippen molar-refractivity contribution in [2.75, 3.05) is 19.7 Å². The van der Waals surface area contributed by atoms with Crippen LogP contribution in [0.1, 0.15) is 52.4 Å². The highest BCUT2D eigenvalue weighted by molar-refractivity contribution is 5.81. The highest BCUT2D eigenvalue weighted by Crippen LogP contribution is 2.23. The molecule has 5 nitrogen and oxygen atoms in total. The maximum atomic E-state index is 12.1. The highest BCUT2D eigenvalue weighted by Gasteiger charge is 2.23. The minimum absolute atomic E-state index is 0.0157. The van der Waals surface area contributed by atoms with Crippen molar-refractivity contribution in [3.05, 3.63) is 0 Å². The second kappa shape index (κ2) is 8.95. The van der Waals surface area contributed by atoms with Gasteiger partial charge in [0.15, 0.2) is 0 Å². The van der Waals surface area contributed by atoms with Gasteiger partial charge in [0.2, 0.25) is 11.8 Å². The smallest absolute Gasteiger partial charge is 0.224 e. The van der Waals surface area contributed by atoms with Gasteiger partial charge in [-0.1, -0.05) is 19.3 Å². The van der Waals surface area contributed by atoms with Crippen molar-refractivity contribution >= 4 is 11.8 Å². The third kappa shape index (κ3) is 5.49. The lowest BCUT2D eigenvalue weighted by Gasteiger charge is -2.25. The normalized spacial score (nSPS) is 17.6. The van der Waals surface area contributed by atoms with E-state index < -0.39 is 0 Å². The first-order valence-electron chi connectivity index (χ1n) is 7.77. The van der Waals surface area contributed by atoms with Crippen molar-refractivity contribution in [3.8, 4) is 0 Å². The van der Waals surface area contributed by atoms with Crippen molar-refractivity contribution in [3.63, 3.8) is 0 Å². The number of amides is 2. The molecule has 0 aromatic carbocycles. The van der Waals surface area contributed by atoms with Gasteiger partial charge in [0, 0.05) is 31.5 Å². The topological polar surface area (TPSA) is 69.6 Å². The van der Waals surface area contributed by atoms with E-state index in [0.717, 1.165) is 25.7 Å². The largest absolute Gasteiger partial charge is 0.395 e. The van der Waals surface area contributed by atoms with E-state index in [1.54, 1.807) is 4.90 Å². The molecule has 1 aliphatic rings. The number of nitrogens with one attached hydrogen (secondary N) is 1. The highest BCUT2D eigenvalue weighted by atomic mass is 16.3. The molecule has 5 heteroatoms. The Morgan fingerprint density at radius 3 is 2.50 bits per heavy atom. The van der Waals surface area contributed by atoms with Crippen molar-refractivity contribution in [1.29, 1.82) is 0 Å². The number of hydrogen-bond donors (Lipinski definition) is 2. The third-order valence-electron chi connectivity index (χ3n) is 3.95. The third-order valence-corrected chi connectivity index (χ3v) is 3.95. The predicted octanol–water partition coefficient (Wildman–Crippen LogP) is 1.30. The second-order valence-corrected chi connectivity index (χ2v) is 5.65. The predicted molar refractivity (Wildman–Crippen MR) is 78.1 cm³/mol. The average molecular weight is 284 g/mol. The van der Waals surface area contributed by atoms with Gasteiger partial charge in [-0.3, -0.25) is 9.59 Å². The molecular formula is C15H28N2O3. The summed E-state index contributed by atoms with van der Waals surface area (Å²) >= 11 is 0. The Balaban J connectivity index is 2.36. The number of hydrogen-bond acceptors (Lipinski definition) is 3. The van der Waals surface area contributed by atoms with Crippen molar-refractivity contribution in [2.24, 2.45) is 5.92 Å². The fourth-order valence-corrected chi connectivity index (χ4v) is 2.75. The molecule has 2 amide bonds. The Kier molecular flexibility index (Phi) is 7.59. The lowest BCUT2D eigenvalue weighted by molar-refractivity contribution is -0.132. The number of carbonyl (C=O) groups excluding carboxylic acids is 2. The molecule has 1 saturated carbocycles. The Labute approximate surface area is 121 Å². The number of likely N-dealkylation sites (N-methyl/N-ethyl adjacent to an activating group) is 1. The van der Waals surface area contributed by atoms with Crippen molar-refractivity contribution < 1.29 is 14.7 Å². The summed E-state index contributed by atoms with van der Waals surface area (Å²) < 4.78 is 0. The molecule has 0 bridgehead atoms. The molecule has 1 atom stereocenters. The molecule has 0 aromatic heterocycles. The van der Waals surface area contributed by atoms with E-state index in [1.165, 1.54) is 6.42 Å².